The van der Waals surface area contributed by atoms with Gasteiger partial charge in [-0.2, -0.15) is 0 Å². The zero-order valence-electron chi connectivity index (χ0n) is 20.9. The van der Waals surface area contributed by atoms with E-state index in [1.165, 1.54) is 7.11 Å². The van der Waals surface area contributed by atoms with Gasteiger partial charge in [0.1, 0.15) is 11.9 Å². The van der Waals surface area contributed by atoms with Crippen molar-refractivity contribution in [2.24, 2.45) is 39.4 Å². The van der Waals surface area contributed by atoms with Crippen molar-refractivity contribution in [3.63, 3.8) is 0 Å². The van der Waals surface area contributed by atoms with E-state index in [2.05, 4.69) is 20.4 Å². The van der Waals surface area contributed by atoms with Crippen molar-refractivity contribution in [3.05, 3.63) is 36.3 Å². The number of Topliss-reactive ketones (excluding diaryl/α,β-unsaturated/α-hetero) is 1. The van der Waals surface area contributed by atoms with Gasteiger partial charge >= 0.3 is 11.9 Å². The summed E-state index contributed by atoms with van der Waals surface area (Å²) in [6.07, 6.45) is 6.34. The van der Waals surface area contributed by atoms with E-state index in [4.69, 9.17) is 13.9 Å². The number of furan rings is 1. The van der Waals surface area contributed by atoms with Crippen LogP contribution in [0.25, 0.3) is 0 Å². The van der Waals surface area contributed by atoms with Gasteiger partial charge in [-0.15, -0.1) is 0 Å². The van der Waals surface area contributed by atoms with E-state index in [0.717, 1.165) is 24.0 Å². The zero-order chi connectivity index (χ0) is 24.7. The molecule has 1 aromatic heterocycles. The lowest BCUT2D eigenvalue weighted by Gasteiger charge is -2.61. The van der Waals surface area contributed by atoms with Crippen LogP contribution in [0.15, 0.2) is 35.2 Å². The van der Waals surface area contributed by atoms with Crippen LogP contribution >= 0.6 is 0 Å². The molecule has 4 fully saturated rings. The van der Waals surface area contributed by atoms with Gasteiger partial charge in [0, 0.05) is 34.1 Å². The highest BCUT2D eigenvalue weighted by molar-refractivity contribution is 5.89. The van der Waals surface area contributed by atoms with Gasteiger partial charge in [0.15, 0.2) is 0 Å². The van der Waals surface area contributed by atoms with Crippen LogP contribution in [-0.4, -0.2) is 24.8 Å². The van der Waals surface area contributed by atoms with Gasteiger partial charge in [-0.3, -0.25) is 14.4 Å². The summed E-state index contributed by atoms with van der Waals surface area (Å²) in [4.78, 5) is 39.6. The zero-order valence-corrected chi connectivity index (χ0v) is 20.9. The molecular weight excluding hydrogens is 432 g/mol. The number of allylic oxidation sites excluding steroid dienone is 1. The van der Waals surface area contributed by atoms with Gasteiger partial charge in [-0.25, -0.2) is 0 Å². The summed E-state index contributed by atoms with van der Waals surface area (Å²) in [5.41, 5.74) is 0.0304. The monoisotopic (exact) mass is 468 g/mol. The molecule has 2 heterocycles. The molecule has 0 aromatic carbocycles. The van der Waals surface area contributed by atoms with Gasteiger partial charge < -0.3 is 13.9 Å². The maximum atomic E-state index is 14.0. The summed E-state index contributed by atoms with van der Waals surface area (Å²) < 4.78 is 16.4. The Morgan fingerprint density at radius 2 is 1.94 bits per heavy atom. The SMILES string of the molecule is C=C1[C@@H]2CC[C@@]3(C)[C@H](c4ccoc4)OC(=O)C[C@@]13C[C@@H]1C[C@@]2(C)[C@@H](CC(=O)OC)C(C)(C)C1=O. The van der Waals surface area contributed by atoms with Gasteiger partial charge in [0.05, 0.1) is 26.1 Å². The topological polar surface area (TPSA) is 82.8 Å². The fourth-order valence-electron chi connectivity index (χ4n) is 8.83. The maximum absolute atomic E-state index is 14.0. The molecule has 1 saturated heterocycles. The molecule has 0 amide bonds. The van der Waals surface area contributed by atoms with E-state index in [-0.39, 0.29) is 53.7 Å². The van der Waals surface area contributed by atoms with Crippen molar-refractivity contribution in [2.75, 3.05) is 7.11 Å². The highest BCUT2D eigenvalue weighted by Crippen LogP contribution is 2.74. The lowest BCUT2D eigenvalue weighted by Crippen LogP contribution is -2.56. The number of methoxy groups -OCH3 is 1. The minimum absolute atomic E-state index is 0.114. The predicted octanol–water partition coefficient (Wildman–Crippen LogP) is 5.43. The molecule has 0 unspecified atom stereocenters. The lowest BCUT2D eigenvalue weighted by atomic mass is 9.44. The van der Waals surface area contributed by atoms with E-state index < -0.39 is 22.3 Å². The number of fused-ring (bicyclic) bond motifs is 4. The van der Waals surface area contributed by atoms with Crippen LogP contribution in [0.4, 0.5) is 0 Å². The van der Waals surface area contributed by atoms with E-state index in [1.807, 2.05) is 19.9 Å². The molecular formula is C28H36O6. The second-order valence-electron chi connectivity index (χ2n) is 12.2. The fraction of sp³-hybridized carbons (Fsp3) is 0.679. The standard InChI is InChI=1S/C28H36O6/c1-16-19-7-9-27(5)24(17-8-10-33-15-17)34-22(30)14-28(16,27)13-18-12-26(19,4)20(11-21(29)32-6)25(2,3)23(18)31/h8,10,15,18-20,24H,1,7,9,11-14H2,2-6H3/t18-,19-,20-,24-,26+,27-,28-/m0/s1. The van der Waals surface area contributed by atoms with Gasteiger partial charge in [0.25, 0.3) is 0 Å². The van der Waals surface area contributed by atoms with Crippen LogP contribution in [0.1, 0.15) is 77.9 Å². The van der Waals surface area contributed by atoms with E-state index >= 15 is 0 Å². The third kappa shape index (κ3) is 2.83. The highest BCUT2D eigenvalue weighted by Gasteiger charge is 2.70. The lowest BCUT2D eigenvalue weighted by molar-refractivity contribution is -0.195. The van der Waals surface area contributed by atoms with Crippen LogP contribution in [0.3, 0.4) is 0 Å². The summed E-state index contributed by atoms with van der Waals surface area (Å²) in [5.74, 6) is -0.568. The first-order chi connectivity index (χ1) is 15.9. The number of hydrogen-bond donors (Lipinski definition) is 0. The van der Waals surface area contributed by atoms with E-state index in [1.54, 1.807) is 12.5 Å². The number of esters is 2. The average Bonchev–Trinajstić information content (AvgIpc) is 3.29. The van der Waals surface area contributed by atoms with Crippen LogP contribution in [0, 0.1) is 39.4 Å². The van der Waals surface area contributed by atoms with Crippen molar-refractivity contribution < 1.29 is 28.3 Å². The Morgan fingerprint density at radius 1 is 1.21 bits per heavy atom. The Bertz CT molecular complexity index is 1050. The van der Waals surface area contributed by atoms with Crippen LogP contribution in [0.2, 0.25) is 0 Å². The summed E-state index contributed by atoms with van der Waals surface area (Å²) >= 11 is 0. The highest BCUT2D eigenvalue weighted by atomic mass is 16.5. The Balaban J connectivity index is 1.67. The first-order valence-electron chi connectivity index (χ1n) is 12.4. The molecule has 0 radical (unpaired) electrons. The van der Waals surface area contributed by atoms with Crippen LogP contribution in [-0.2, 0) is 23.9 Å². The first kappa shape index (κ1) is 23.4. The number of carbonyl (C=O) groups excluding carboxylic acids is 3. The quantitative estimate of drug-likeness (QED) is 0.434. The van der Waals surface area contributed by atoms with Crippen molar-refractivity contribution in [3.8, 4) is 0 Å². The molecule has 6 heteroatoms. The molecule has 1 aliphatic heterocycles. The number of rotatable bonds is 3. The fourth-order valence-corrected chi connectivity index (χ4v) is 8.83. The van der Waals surface area contributed by atoms with Crippen molar-refractivity contribution in [1.82, 2.24) is 0 Å². The molecule has 4 aliphatic rings. The maximum Gasteiger partial charge on any atom is 0.307 e. The molecule has 3 aliphatic carbocycles. The summed E-state index contributed by atoms with van der Waals surface area (Å²) in [7, 11) is 1.40. The number of hydrogen-bond acceptors (Lipinski definition) is 6. The smallest absolute Gasteiger partial charge is 0.307 e. The normalized spacial score (nSPS) is 42.9. The van der Waals surface area contributed by atoms with E-state index in [9.17, 15) is 14.4 Å². The molecule has 6 nitrogen and oxygen atoms in total. The number of ketones is 1. The van der Waals surface area contributed by atoms with Crippen LogP contribution in [0.5, 0.6) is 0 Å². The minimum atomic E-state index is -0.671. The third-order valence-electron chi connectivity index (χ3n) is 10.5. The Hall–Kier alpha value is -2.37. The number of ether oxygens (including phenoxy) is 2. The Labute approximate surface area is 201 Å². The molecule has 184 valence electrons. The Morgan fingerprint density at radius 3 is 2.59 bits per heavy atom. The van der Waals surface area contributed by atoms with Crippen molar-refractivity contribution in [1.29, 1.82) is 0 Å². The molecule has 1 spiro atoms. The largest absolute Gasteiger partial charge is 0.472 e. The molecule has 1 aromatic rings. The van der Waals surface area contributed by atoms with Crippen LogP contribution < -0.4 is 0 Å². The van der Waals surface area contributed by atoms with Crippen molar-refractivity contribution in [2.45, 2.75) is 72.3 Å². The molecule has 3 saturated carbocycles. The summed E-state index contributed by atoms with van der Waals surface area (Å²) in [5, 5.41) is 0. The average molecular weight is 469 g/mol. The molecule has 0 N–H and O–H groups in total. The minimum Gasteiger partial charge on any atom is -0.472 e. The predicted molar refractivity (Wildman–Crippen MR) is 124 cm³/mol. The summed E-state index contributed by atoms with van der Waals surface area (Å²) in [6, 6.07) is 1.87. The van der Waals surface area contributed by atoms with Gasteiger partial charge in [-0.1, -0.05) is 39.8 Å². The second kappa shape index (κ2) is 7.32. The number of carbonyl (C=O) groups is 3. The number of cyclic esters (lactones) is 1. The first-order valence-corrected chi connectivity index (χ1v) is 12.4. The second-order valence-corrected chi connectivity index (χ2v) is 12.2. The van der Waals surface area contributed by atoms with Crippen molar-refractivity contribution >= 4 is 17.7 Å². The Kier molecular flexibility index (Phi) is 5.03. The molecule has 7 atom stereocenters. The van der Waals surface area contributed by atoms with Gasteiger partial charge in [-0.05, 0) is 49.0 Å². The molecule has 34 heavy (non-hydrogen) atoms. The molecule has 5 rings (SSSR count). The molecule has 4 bridgehead atoms. The third-order valence-corrected chi connectivity index (χ3v) is 10.5. The van der Waals surface area contributed by atoms with Gasteiger partial charge in [0.2, 0.25) is 0 Å². The van der Waals surface area contributed by atoms with E-state index in [0.29, 0.717) is 12.8 Å². The summed E-state index contributed by atoms with van der Waals surface area (Å²) in [6.45, 7) is 13.1.